The Balaban J connectivity index is -0.00000000167. The summed E-state index contributed by atoms with van der Waals surface area (Å²) in [6, 6.07) is 0. The predicted molar refractivity (Wildman–Crippen MR) is 41.4 cm³/mol. The van der Waals surface area contributed by atoms with Crippen molar-refractivity contribution >= 4 is 60.1 Å². The molecule has 0 aliphatic heterocycles. The van der Waals surface area contributed by atoms with E-state index in [1.54, 1.807) is 0 Å². The Morgan fingerprint density at radius 1 is 0.800 bits per heavy atom. The lowest BCUT2D eigenvalue weighted by atomic mass is 16.0. The van der Waals surface area contributed by atoms with Gasteiger partial charge in [0.25, 0.3) is 0 Å². The van der Waals surface area contributed by atoms with Crippen LogP contribution in [0.2, 0.25) is 0 Å². The van der Waals surface area contributed by atoms with Gasteiger partial charge < -0.3 is 0 Å². The molecule has 0 saturated carbocycles. The summed E-state index contributed by atoms with van der Waals surface area (Å²) >= 11 is 0. The molecule has 1 unspecified atom stereocenters. The van der Waals surface area contributed by atoms with Crippen LogP contribution >= 0.6 is 60.1 Å². The molecular formula is H5Br3OP+. The van der Waals surface area contributed by atoms with Gasteiger partial charge >= 0.3 is 9.12 Å². The summed E-state index contributed by atoms with van der Waals surface area (Å²) in [5.41, 5.74) is 0. The molecule has 5 heavy (non-hydrogen) atoms. The lowest BCUT2D eigenvalue weighted by molar-refractivity contribution is 0.607. The molecule has 0 fully saturated rings. The van der Waals surface area contributed by atoms with Crippen molar-refractivity contribution in [3.05, 3.63) is 0 Å². The van der Waals surface area contributed by atoms with E-state index >= 15 is 0 Å². The minimum absolute atomic E-state index is 0. The van der Waals surface area contributed by atoms with Gasteiger partial charge in [-0.1, -0.05) is 4.57 Å². The van der Waals surface area contributed by atoms with Gasteiger partial charge in [0.15, 0.2) is 0 Å². The zero-order valence-electron chi connectivity index (χ0n) is 2.21. The number of hydrogen-bond donors (Lipinski definition) is 0. The molecule has 0 spiro atoms. The van der Waals surface area contributed by atoms with Crippen LogP contribution in [0.5, 0.6) is 0 Å². The van der Waals surface area contributed by atoms with Crippen LogP contribution in [0.4, 0.5) is 0 Å². The molecule has 0 N–H and O–H groups in total. The van der Waals surface area contributed by atoms with Gasteiger partial charge in [0.05, 0.1) is 0 Å². The lowest BCUT2D eigenvalue weighted by Crippen LogP contribution is -0.489. The maximum absolute atomic E-state index is 8.17. The van der Waals surface area contributed by atoms with Gasteiger partial charge in [0, 0.05) is 0 Å². The van der Waals surface area contributed by atoms with Crippen LogP contribution in [0.25, 0.3) is 0 Å². The number of rotatable bonds is 0. The van der Waals surface area contributed by atoms with Gasteiger partial charge in [0.2, 0.25) is 0 Å². The summed E-state index contributed by atoms with van der Waals surface area (Å²) in [4.78, 5) is 0. The van der Waals surface area contributed by atoms with Gasteiger partial charge in [0.1, 0.15) is 0 Å². The first-order chi connectivity index (χ1) is 1.00. The molecule has 5 heteroatoms. The Morgan fingerprint density at radius 2 is 0.800 bits per heavy atom. The van der Waals surface area contributed by atoms with Crippen LogP contribution in [-0.4, -0.2) is 0 Å². The van der Waals surface area contributed by atoms with Gasteiger partial charge in [-0.3, -0.25) is 0 Å². The maximum Gasteiger partial charge on any atom is 0.310 e. The topological polar surface area (TPSA) is 17.1 Å². The third-order valence-corrected chi connectivity index (χ3v) is 0. The zero-order valence-corrected chi connectivity index (χ0v) is 8.50. The Hall–Kier alpha value is 1.54. The molecule has 0 rings (SSSR count). The smallest absolute Gasteiger partial charge is 0.114 e. The molecule has 0 aliphatic rings. The normalized spacial score (nSPS) is 0.800. The van der Waals surface area contributed by atoms with E-state index in [0.29, 0.717) is 0 Å². The Morgan fingerprint density at radius 3 is 0.800 bits per heavy atom. The fourth-order valence-electron chi connectivity index (χ4n) is 0. The molecule has 1 nitrogen and oxygen atoms in total. The molecule has 0 heterocycles. The van der Waals surface area contributed by atoms with Crippen molar-refractivity contribution in [2.24, 2.45) is 0 Å². The zero-order chi connectivity index (χ0) is 2.00. The Bertz CT molecular complexity index is 6.85. The van der Waals surface area contributed by atoms with Crippen molar-refractivity contribution in [1.29, 1.82) is 0 Å². The highest BCUT2D eigenvalue weighted by atomic mass is 79.9. The third kappa shape index (κ3) is 29.3. The first-order valence-electron chi connectivity index (χ1n) is 0.236. The van der Waals surface area contributed by atoms with Crippen molar-refractivity contribution in [3.8, 4) is 0 Å². The van der Waals surface area contributed by atoms with E-state index < -0.39 is 0 Å². The minimum Gasteiger partial charge on any atom is -0.114 e. The fourth-order valence-corrected chi connectivity index (χ4v) is 0. The summed E-state index contributed by atoms with van der Waals surface area (Å²) in [5, 5.41) is 0. The van der Waals surface area contributed by atoms with E-state index in [0.717, 1.165) is 0 Å². The summed E-state index contributed by atoms with van der Waals surface area (Å²) in [6.45, 7) is 0. The van der Waals surface area contributed by atoms with E-state index in [4.69, 9.17) is 4.57 Å². The van der Waals surface area contributed by atoms with E-state index in [1.165, 1.54) is 9.12 Å². The van der Waals surface area contributed by atoms with Crippen LogP contribution in [0, 0.1) is 0 Å². The van der Waals surface area contributed by atoms with E-state index in [-0.39, 0.29) is 50.9 Å². The first kappa shape index (κ1) is 31.1. The molecule has 0 aromatic heterocycles. The van der Waals surface area contributed by atoms with Gasteiger partial charge in [-0.2, -0.15) is 0 Å². The molecule has 0 aromatic rings. The standard InChI is InChI=1S/3BrH.H2OP/c;;;1-2/h3*1H;2H2/q;;;+1. The number of hydrogen-bond acceptors (Lipinski definition) is 1. The lowest BCUT2D eigenvalue weighted by Gasteiger charge is -0.618. The third-order valence-electron chi connectivity index (χ3n) is 0. The van der Waals surface area contributed by atoms with E-state index in [9.17, 15) is 0 Å². The van der Waals surface area contributed by atoms with Crippen LogP contribution < -0.4 is 0 Å². The molecule has 0 aromatic carbocycles. The van der Waals surface area contributed by atoms with Crippen molar-refractivity contribution in [2.45, 2.75) is 0 Å². The second-order valence-corrected chi connectivity index (χ2v) is 0. The molecule has 0 amide bonds. The molecule has 36 valence electrons. The highest BCUT2D eigenvalue weighted by molar-refractivity contribution is 8.93. The average molecular weight is 292 g/mol. The van der Waals surface area contributed by atoms with Crippen LogP contribution in [0.3, 0.4) is 0 Å². The van der Waals surface area contributed by atoms with Crippen LogP contribution in [0.15, 0.2) is 0 Å². The summed E-state index contributed by atoms with van der Waals surface area (Å²) in [6.07, 6.45) is 0. The van der Waals surface area contributed by atoms with Gasteiger partial charge in [-0.05, 0) is 0 Å². The predicted octanol–water partition coefficient (Wildman–Crippen LogP) is 1.94. The quantitative estimate of drug-likeness (QED) is 0.624. The first-order valence-corrected chi connectivity index (χ1v) is 0.707. The molecule has 0 saturated heterocycles. The van der Waals surface area contributed by atoms with Crippen LogP contribution in [-0.2, 0) is 4.57 Å². The minimum atomic E-state index is 0. The van der Waals surface area contributed by atoms with Crippen molar-refractivity contribution in [3.63, 3.8) is 0 Å². The largest absolute Gasteiger partial charge is 0.310 e. The number of halogens is 3. The maximum atomic E-state index is 8.17. The van der Waals surface area contributed by atoms with Gasteiger partial charge in [-0.15, -0.1) is 50.9 Å². The monoisotopic (exact) mass is 289 g/mol. The Kier molecular flexibility index (Phi) is 300. The highest BCUT2D eigenvalue weighted by Crippen LogP contribution is 1.23. The van der Waals surface area contributed by atoms with E-state index in [2.05, 4.69) is 0 Å². The molecule has 0 radical (unpaired) electrons. The summed E-state index contributed by atoms with van der Waals surface area (Å²) < 4.78 is 8.17. The summed E-state index contributed by atoms with van der Waals surface area (Å²) in [5.74, 6) is 0. The van der Waals surface area contributed by atoms with Gasteiger partial charge in [-0.25, -0.2) is 0 Å². The SMILES string of the molecule is Br.Br.Br.O=[PH2+]. The molecule has 1 atom stereocenters. The second-order valence-electron chi connectivity index (χ2n) is 0. The molecule has 0 bridgehead atoms. The van der Waals surface area contributed by atoms with E-state index in [1.807, 2.05) is 0 Å². The van der Waals surface area contributed by atoms with Crippen LogP contribution in [0.1, 0.15) is 0 Å². The van der Waals surface area contributed by atoms with Crippen molar-refractivity contribution in [1.82, 2.24) is 0 Å². The van der Waals surface area contributed by atoms with Crippen molar-refractivity contribution < 1.29 is 4.57 Å². The summed E-state index contributed by atoms with van der Waals surface area (Å²) in [7, 11) is 1.17. The average Bonchev–Trinajstić information content (AvgIpc) is 1.00. The molecule has 0 aliphatic carbocycles. The fraction of sp³-hybridized carbons (Fsp3) is 0. The molecular weight excluding hydrogens is 287 g/mol. The highest BCUT2D eigenvalue weighted by Gasteiger charge is 0.849. The van der Waals surface area contributed by atoms with Crippen molar-refractivity contribution in [2.75, 3.05) is 0 Å². The second kappa shape index (κ2) is 48.1. The Labute approximate surface area is 64.4 Å².